The van der Waals surface area contributed by atoms with Crippen LogP contribution in [-0.2, 0) is 4.74 Å². The molecule has 0 amide bonds. The van der Waals surface area contributed by atoms with Gasteiger partial charge in [0.1, 0.15) is 5.76 Å². The van der Waals surface area contributed by atoms with Gasteiger partial charge in [0.05, 0.1) is 13.2 Å². The molecule has 1 aromatic rings. The van der Waals surface area contributed by atoms with E-state index in [0.29, 0.717) is 5.92 Å². The number of hydrogen-bond donors (Lipinski definition) is 1. The summed E-state index contributed by atoms with van der Waals surface area (Å²) in [5.41, 5.74) is 6.27. The standard InChI is InChI=1S/C14H19NO3/c1-17-14(16)11-7-6-10(18-11)13(15)12-8-4-2-3-5-9(8)12/h6-9,12-13H,2-5,15H2,1H3. The third kappa shape index (κ3) is 1.85. The van der Waals surface area contributed by atoms with Crippen molar-refractivity contribution in [1.82, 2.24) is 0 Å². The van der Waals surface area contributed by atoms with Gasteiger partial charge in [0.2, 0.25) is 5.76 Å². The molecule has 0 bridgehead atoms. The van der Waals surface area contributed by atoms with Crippen LogP contribution in [0.1, 0.15) is 48.0 Å². The van der Waals surface area contributed by atoms with E-state index in [1.54, 1.807) is 12.1 Å². The molecule has 0 saturated heterocycles. The molecule has 0 aromatic carbocycles. The maximum Gasteiger partial charge on any atom is 0.373 e. The lowest BCUT2D eigenvalue weighted by atomic mass is 10.0. The quantitative estimate of drug-likeness (QED) is 0.836. The number of fused-ring (bicyclic) bond motifs is 1. The van der Waals surface area contributed by atoms with Gasteiger partial charge in [-0.05, 0) is 42.7 Å². The van der Waals surface area contributed by atoms with Gasteiger partial charge in [-0.25, -0.2) is 4.79 Å². The Bertz CT molecular complexity index is 442. The van der Waals surface area contributed by atoms with Gasteiger partial charge >= 0.3 is 5.97 Å². The van der Waals surface area contributed by atoms with Gasteiger partial charge in [-0.15, -0.1) is 0 Å². The minimum Gasteiger partial charge on any atom is -0.463 e. The predicted molar refractivity (Wildman–Crippen MR) is 65.9 cm³/mol. The van der Waals surface area contributed by atoms with Crippen molar-refractivity contribution in [3.63, 3.8) is 0 Å². The van der Waals surface area contributed by atoms with Gasteiger partial charge in [0.25, 0.3) is 0 Å². The Morgan fingerprint density at radius 2 is 2.06 bits per heavy atom. The summed E-state index contributed by atoms with van der Waals surface area (Å²) < 4.78 is 10.1. The van der Waals surface area contributed by atoms with Crippen LogP contribution in [0.15, 0.2) is 16.5 Å². The van der Waals surface area contributed by atoms with Crippen molar-refractivity contribution in [2.75, 3.05) is 7.11 Å². The number of furan rings is 1. The van der Waals surface area contributed by atoms with Crippen molar-refractivity contribution in [2.45, 2.75) is 31.7 Å². The first-order valence-corrected chi connectivity index (χ1v) is 6.66. The van der Waals surface area contributed by atoms with E-state index in [1.165, 1.54) is 32.8 Å². The van der Waals surface area contributed by atoms with E-state index in [1.807, 2.05) is 0 Å². The third-order valence-corrected chi connectivity index (χ3v) is 4.48. The molecule has 4 nitrogen and oxygen atoms in total. The summed E-state index contributed by atoms with van der Waals surface area (Å²) in [6.45, 7) is 0. The van der Waals surface area contributed by atoms with Crippen molar-refractivity contribution in [1.29, 1.82) is 0 Å². The molecule has 18 heavy (non-hydrogen) atoms. The van der Waals surface area contributed by atoms with Crippen LogP contribution in [-0.4, -0.2) is 13.1 Å². The van der Waals surface area contributed by atoms with Gasteiger partial charge in [0, 0.05) is 0 Å². The normalized spacial score (nSPS) is 31.6. The fourth-order valence-corrected chi connectivity index (χ4v) is 3.51. The molecule has 1 aromatic heterocycles. The van der Waals surface area contributed by atoms with Crippen molar-refractivity contribution in [3.05, 3.63) is 23.7 Å². The molecule has 1 heterocycles. The molecule has 3 unspecified atom stereocenters. The van der Waals surface area contributed by atoms with E-state index in [0.717, 1.165) is 17.6 Å². The summed E-state index contributed by atoms with van der Waals surface area (Å²) >= 11 is 0. The molecule has 98 valence electrons. The Balaban J connectivity index is 1.71. The molecule has 3 rings (SSSR count). The fraction of sp³-hybridized carbons (Fsp3) is 0.643. The Kier molecular flexibility index (Phi) is 2.90. The number of rotatable bonds is 3. The SMILES string of the molecule is COC(=O)c1ccc(C(N)C2C3CCCCC32)o1. The van der Waals surface area contributed by atoms with Gasteiger partial charge in [-0.1, -0.05) is 12.8 Å². The molecule has 2 fully saturated rings. The number of carbonyl (C=O) groups is 1. The summed E-state index contributed by atoms with van der Waals surface area (Å²) in [6, 6.07) is 3.38. The monoisotopic (exact) mass is 249 g/mol. The van der Waals surface area contributed by atoms with E-state index in [9.17, 15) is 4.79 Å². The number of esters is 1. The second kappa shape index (κ2) is 4.43. The highest BCUT2D eigenvalue weighted by molar-refractivity contribution is 5.86. The Morgan fingerprint density at radius 1 is 1.39 bits per heavy atom. The lowest BCUT2D eigenvalue weighted by molar-refractivity contribution is 0.0562. The zero-order valence-corrected chi connectivity index (χ0v) is 10.6. The maximum absolute atomic E-state index is 11.3. The average molecular weight is 249 g/mol. The third-order valence-electron chi connectivity index (χ3n) is 4.48. The van der Waals surface area contributed by atoms with Gasteiger partial charge in [-0.2, -0.15) is 0 Å². The fourth-order valence-electron chi connectivity index (χ4n) is 3.51. The van der Waals surface area contributed by atoms with Gasteiger partial charge in [-0.3, -0.25) is 0 Å². The molecule has 0 radical (unpaired) electrons. The molecule has 4 heteroatoms. The van der Waals surface area contributed by atoms with E-state index in [2.05, 4.69) is 4.74 Å². The van der Waals surface area contributed by atoms with Crippen molar-refractivity contribution >= 4 is 5.97 Å². The zero-order chi connectivity index (χ0) is 12.7. The molecule has 2 N–H and O–H groups in total. The summed E-state index contributed by atoms with van der Waals surface area (Å²) in [5, 5.41) is 0. The van der Waals surface area contributed by atoms with Crippen LogP contribution in [0.4, 0.5) is 0 Å². The molecular formula is C14H19NO3. The van der Waals surface area contributed by atoms with Crippen LogP contribution >= 0.6 is 0 Å². The first-order valence-electron chi connectivity index (χ1n) is 6.66. The topological polar surface area (TPSA) is 65.5 Å². The minimum absolute atomic E-state index is 0.0727. The van der Waals surface area contributed by atoms with Crippen LogP contribution in [0, 0.1) is 17.8 Å². The van der Waals surface area contributed by atoms with Crippen molar-refractivity contribution < 1.29 is 13.9 Å². The van der Waals surface area contributed by atoms with Crippen LogP contribution in [0.25, 0.3) is 0 Å². The molecule has 3 atom stereocenters. The number of ether oxygens (including phenoxy) is 1. The van der Waals surface area contributed by atoms with Crippen LogP contribution in [0.2, 0.25) is 0 Å². The molecular weight excluding hydrogens is 230 g/mol. The molecule has 0 spiro atoms. The van der Waals surface area contributed by atoms with Crippen LogP contribution < -0.4 is 5.73 Å². The molecule has 2 aliphatic rings. The van der Waals surface area contributed by atoms with E-state index < -0.39 is 5.97 Å². The number of nitrogens with two attached hydrogens (primary N) is 1. The number of hydrogen-bond acceptors (Lipinski definition) is 4. The molecule has 2 aliphatic carbocycles. The highest BCUT2D eigenvalue weighted by Crippen LogP contribution is 2.59. The molecule has 0 aliphatic heterocycles. The number of methoxy groups -OCH3 is 1. The largest absolute Gasteiger partial charge is 0.463 e. The Hall–Kier alpha value is -1.29. The maximum atomic E-state index is 11.3. The van der Waals surface area contributed by atoms with Crippen LogP contribution in [0.3, 0.4) is 0 Å². The summed E-state index contributed by atoms with van der Waals surface area (Å²) in [4.78, 5) is 11.3. The minimum atomic E-state index is -0.443. The smallest absolute Gasteiger partial charge is 0.373 e. The Labute approximate surface area is 106 Å². The van der Waals surface area contributed by atoms with E-state index in [-0.39, 0.29) is 11.8 Å². The van der Waals surface area contributed by atoms with Crippen molar-refractivity contribution in [3.8, 4) is 0 Å². The first kappa shape index (κ1) is 11.8. The molecule has 2 saturated carbocycles. The van der Waals surface area contributed by atoms with Gasteiger partial charge in [0.15, 0.2) is 0 Å². The zero-order valence-electron chi connectivity index (χ0n) is 10.6. The summed E-state index contributed by atoms with van der Waals surface area (Å²) in [6.07, 6.45) is 5.26. The highest BCUT2D eigenvalue weighted by Gasteiger charge is 2.54. The van der Waals surface area contributed by atoms with Crippen molar-refractivity contribution in [2.24, 2.45) is 23.5 Å². The lowest BCUT2D eigenvalue weighted by Crippen LogP contribution is -2.13. The van der Waals surface area contributed by atoms with Gasteiger partial charge < -0.3 is 14.9 Å². The average Bonchev–Trinajstić information content (AvgIpc) is 2.92. The van der Waals surface area contributed by atoms with E-state index in [4.69, 9.17) is 10.2 Å². The first-order chi connectivity index (χ1) is 8.72. The second-order valence-corrected chi connectivity index (χ2v) is 5.41. The van der Waals surface area contributed by atoms with E-state index >= 15 is 0 Å². The summed E-state index contributed by atoms with van der Waals surface area (Å²) in [5.74, 6) is 2.62. The highest BCUT2D eigenvalue weighted by atomic mass is 16.5. The lowest BCUT2D eigenvalue weighted by Gasteiger charge is -2.07. The summed E-state index contributed by atoms with van der Waals surface area (Å²) in [7, 11) is 1.35. The van der Waals surface area contributed by atoms with Crippen LogP contribution in [0.5, 0.6) is 0 Å². The predicted octanol–water partition coefficient (Wildman–Crippen LogP) is 2.50. The number of carbonyl (C=O) groups excluding carboxylic acids is 1. The Morgan fingerprint density at radius 3 is 2.67 bits per heavy atom. The second-order valence-electron chi connectivity index (χ2n) is 5.41.